The van der Waals surface area contributed by atoms with E-state index in [1.165, 1.54) is 6.42 Å². The van der Waals surface area contributed by atoms with Crippen molar-refractivity contribution in [3.05, 3.63) is 0 Å². The van der Waals surface area contributed by atoms with Crippen LogP contribution in [-0.4, -0.2) is 30.1 Å². The highest BCUT2D eigenvalue weighted by atomic mass is 28.4. The lowest BCUT2D eigenvalue weighted by atomic mass is 9.89. The average molecular weight is 262 g/mol. The molecule has 0 saturated carbocycles. The Balaban J connectivity index is 5.26. The second kappa shape index (κ2) is 7.51. The van der Waals surface area contributed by atoms with Gasteiger partial charge in [0.25, 0.3) is 0 Å². The van der Waals surface area contributed by atoms with E-state index < -0.39 is 8.80 Å². The van der Waals surface area contributed by atoms with Crippen LogP contribution >= 0.6 is 0 Å². The molecule has 0 aliphatic rings. The smallest absolute Gasteiger partial charge is 0.377 e. The minimum absolute atomic E-state index is 0.0423. The van der Waals surface area contributed by atoms with Gasteiger partial charge in [0.15, 0.2) is 0 Å². The molecule has 1 atom stereocenters. The molecule has 0 aliphatic carbocycles. The highest BCUT2D eigenvalue weighted by molar-refractivity contribution is 6.64. The normalized spacial score (nSPS) is 15.0. The van der Waals surface area contributed by atoms with Crippen LogP contribution in [-0.2, 0) is 13.3 Å². The Hall–Kier alpha value is 0.0969. The predicted molar refractivity (Wildman–Crippen MR) is 74.1 cm³/mol. The summed E-state index contributed by atoms with van der Waals surface area (Å²) in [5, 5.41) is 0.0423. The molecule has 0 bridgehead atoms. The summed E-state index contributed by atoms with van der Waals surface area (Å²) >= 11 is 0. The molecule has 0 radical (unpaired) electrons. The zero-order valence-corrected chi connectivity index (χ0v) is 13.6. The minimum Gasteiger partial charge on any atom is -0.377 e. The van der Waals surface area contributed by atoms with Crippen LogP contribution in [0, 0.1) is 5.92 Å². The van der Waals surface area contributed by atoms with Gasteiger partial charge in [0.2, 0.25) is 0 Å². The van der Waals surface area contributed by atoms with Crippen molar-refractivity contribution in [2.75, 3.05) is 21.3 Å². The standard InChI is InChI=1S/C13H30O3Si/c1-8-12(4)11-13(9-2,10-3)17(14-5,15-6)16-7/h12H,8-11H2,1-7H3. The summed E-state index contributed by atoms with van der Waals surface area (Å²) in [6.07, 6.45) is 4.37. The van der Waals surface area contributed by atoms with E-state index in [4.69, 9.17) is 13.3 Å². The van der Waals surface area contributed by atoms with E-state index in [0.717, 1.165) is 19.3 Å². The SMILES string of the molecule is CCC(C)CC(CC)(CC)[Si](OC)(OC)OC. The third kappa shape index (κ3) is 3.31. The maximum absolute atomic E-state index is 5.72. The molecule has 104 valence electrons. The molecule has 0 aromatic rings. The van der Waals surface area contributed by atoms with Crippen LogP contribution in [0.5, 0.6) is 0 Å². The van der Waals surface area contributed by atoms with Crippen molar-refractivity contribution in [2.24, 2.45) is 5.92 Å². The zero-order chi connectivity index (χ0) is 13.5. The number of rotatable bonds is 9. The summed E-state index contributed by atoms with van der Waals surface area (Å²) in [5.41, 5.74) is 0. The van der Waals surface area contributed by atoms with E-state index in [2.05, 4.69) is 27.7 Å². The van der Waals surface area contributed by atoms with Crippen molar-refractivity contribution in [1.82, 2.24) is 0 Å². The second-order valence-corrected chi connectivity index (χ2v) is 8.27. The molecule has 0 spiro atoms. The maximum Gasteiger partial charge on any atom is 0.506 e. The van der Waals surface area contributed by atoms with Gasteiger partial charge in [-0.2, -0.15) is 0 Å². The van der Waals surface area contributed by atoms with Gasteiger partial charge in [-0.25, -0.2) is 0 Å². The van der Waals surface area contributed by atoms with Gasteiger partial charge in [-0.15, -0.1) is 0 Å². The van der Waals surface area contributed by atoms with Crippen molar-refractivity contribution in [3.8, 4) is 0 Å². The van der Waals surface area contributed by atoms with Gasteiger partial charge in [0, 0.05) is 26.4 Å². The first kappa shape index (κ1) is 17.1. The summed E-state index contributed by atoms with van der Waals surface area (Å²) in [4.78, 5) is 0. The second-order valence-electron chi connectivity index (χ2n) is 4.87. The highest BCUT2D eigenvalue weighted by Gasteiger charge is 2.57. The Labute approximate surface area is 108 Å². The summed E-state index contributed by atoms with van der Waals surface area (Å²) < 4.78 is 17.2. The van der Waals surface area contributed by atoms with Crippen molar-refractivity contribution in [3.63, 3.8) is 0 Å². The first-order chi connectivity index (χ1) is 8.01. The van der Waals surface area contributed by atoms with Crippen LogP contribution in [0.25, 0.3) is 0 Å². The lowest BCUT2D eigenvalue weighted by Gasteiger charge is -2.44. The molecule has 0 rings (SSSR count). The third-order valence-electron chi connectivity index (χ3n) is 4.25. The van der Waals surface area contributed by atoms with Crippen LogP contribution in [0.1, 0.15) is 53.4 Å². The maximum atomic E-state index is 5.72. The van der Waals surface area contributed by atoms with Gasteiger partial charge in [0.1, 0.15) is 0 Å². The van der Waals surface area contributed by atoms with E-state index in [1.807, 2.05) is 0 Å². The van der Waals surface area contributed by atoms with Crippen molar-refractivity contribution in [1.29, 1.82) is 0 Å². The number of hydrogen-bond donors (Lipinski definition) is 0. The van der Waals surface area contributed by atoms with Crippen LogP contribution < -0.4 is 0 Å². The minimum atomic E-state index is -2.58. The van der Waals surface area contributed by atoms with Gasteiger partial charge in [-0.3, -0.25) is 0 Å². The van der Waals surface area contributed by atoms with Gasteiger partial charge in [0.05, 0.1) is 0 Å². The van der Waals surface area contributed by atoms with Crippen LogP contribution in [0.15, 0.2) is 0 Å². The lowest BCUT2D eigenvalue weighted by molar-refractivity contribution is 0.0774. The Morgan fingerprint density at radius 2 is 1.35 bits per heavy atom. The largest absolute Gasteiger partial charge is 0.506 e. The average Bonchev–Trinajstić information content (AvgIpc) is 2.39. The van der Waals surface area contributed by atoms with Crippen LogP contribution in [0.4, 0.5) is 0 Å². The molecule has 0 heterocycles. The molecule has 1 unspecified atom stereocenters. The summed E-state index contributed by atoms with van der Waals surface area (Å²) in [7, 11) is 2.58. The molecule has 0 saturated heterocycles. The fraction of sp³-hybridized carbons (Fsp3) is 1.00. The molecule has 0 aromatic heterocycles. The number of hydrogen-bond acceptors (Lipinski definition) is 3. The predicted octanol–water partition coefficient (Wildman–Crippen LogP) is 3.86. The molecule has 0 aromatic carbocycles. The zero-order valence-electron chi connectivity index (χ0n) is 12.6. The summed E-state index contributed by atoms with van der Waals surface area (Å²) in [6, 6.07) is 0. The molecule has 17 heavy (non-hydrogen) atoms. The third-order valence-corrected chi connectivity index (χ3v) is 8.07. The lowest BCUT2D eigenvalue weighted by Crippen LogP contribution is -2.54. The molecule has 0 N–H and O–H groups in total. The summed E-state index contributed by atoms with van der Waals surface area (Å²) in [5.74, 6) is 0.669. The molecule has 0 amide bonds. The van der Waals surface area contributed by atoms with Gasteiger partial charge >= 0.3 is 8.80 Å². The van der Waals surface area contributed by atoms with Gasteiger partial charge in [-0.1, -0.05) is 34.1 Å². The first-order valence-electron chi connectivity index (χ1n) is 6.66. The van der Waals surface area contributed by atoms with Crippen LogP contribution in [0.2, 0.25) is 5.04 Å². The van der Waals surface area contributed by atoms with E-state index in [9.17, 15) is 0 Å². The van der Waals surface area contributed by atoms with Gasteiger partial charge in [-0.05, 0) is 25.2 Å². The Bertz CT molecular complexity index is 193. The topological polar surface area (TPSA) is 27.7 Å². The highest BCUT2D eigenvalue weighted by Crippen LogP contribution is 2.51. The molecule has 4 heteroatoms. The van der Waals surface area contributed by atoms with E-state index in [-0.39, 0.29) is 5.04 Å². The fourth-order valence-corrected chi connectivity index (χ4v) is 6.07. The molecule has 0 aliphatic heterocycles. The fourth-order valence-electron chi connectivity index (χ4n) is 2.81. The first-order valence-corrected chi connectivity index (χ1v) is 8.39. The Kier molecular flexibility index (Phi) is 7.56. The monoisotopic (exact) mass is 262 g/mol. The molecule has 3 nitrogen and oxygen atoms in total. The van der Waals surface area contributed by atoms with Gasteiger partial charge < -0.3 is 13.3 Å². The Morgan fingerprint density at radius 3 is 1.59 bits per heavy atom. The molecular formula is C13H30O3Si. The van der Waals surface area contributed by atoms with E-state index in [0.29, 0.717) is 5.92 Å². The quantitative estimate of drug-likeness (QED) is 0.591. The molecule has 0 fully saturated rings. The van der Waals surface area contributed by atoms with Crippen LogP contribution in [0.3, 0.4) is 0 Å². The van der Waals surface area contributed by atoms with Crippen molar-refractivity contribution < 1.29 is 13.3 Å². The molecular weight excluding hydrogens is 232 g/mol. The van der Waals surface area contributed by atoms with Crippen molar-refractivity contribution in [2.45, 2.75) is 58.4 Å². The Morgan fingerprint density at radius 1 is 0.941 bits per heavy atom. The van der Waals surface area contributed by atoms with E-state index >= 15 is 0 Å². The van der Waals surface area contributed by atoms with Crippen molar-refractivity contribution >= 4 is 8.80 Å². The summed E-state index contributed by atoms with van der Waals surface area (Å²) in [6.45, 7) is 8.95. The van der Waals surface area contributed by atoms with E-state index in [1.54, 1.807) is 21.3 Å².